The first kappa shape index (κ1) is 19.2. The number of hydrogen-bond donors (Lipinski definition) is 1. The average molecular weight is 414 g/mol. The Labute approximate surface area is 180 Å². The number of hydrogen-bond acceptors (Lipinski definition) is 6. The Morgan fingerprint density at radius 2 is 1.74 bits per heavy atom. The summed E-state index contributed by atoms with van der Waals surface area (Å²) in [6, 6.07) is 20.8. The highest BCUT2D eigenvalue weighted by Crippen LogP contribution is 2.53. The first-order chi connectivity index (χ1) is 15.2. The zero-order valence-corrected chi connectivity index (χ0v) is 17.1. The van der Waals surface area contributed by atoms with Crippen molar-refractivity contribution >= 4 is 0 Å². The van der Waals surface area contributed by atoms with Crippen LogP contribution in [0.4, 0.5) is 0 Å². The monoisotopic (exact) mass is 414 g/mol. The average Bonchev–Trinajstić information content (AvgIpc) is 3.48. The van der Waals surface area contributed by atoms with Crippen molar-refractivity contribution < 1.29 is 19.1 Å². The third kappa shape index (κ3) is 3.61. The fourth-order valence-electron chi connectivity index (χ4n) is 3.78. The Hall–Kier alpha value is -3.80. The molecule has 5 rings (SSSR count). The molecule has 2 heterocycles. The summed E-state index contributed by atoms with van der Waals surface area (Å²) in [5, 5.41) is 14.1. The summed E-state index contributed by atoms with van der Waals surface area (Å²) < 4.78 is 17.4. The summed E-state index contributed by atoms with van der Waals surface area (Å²) in [7, 11) is 1.58. The predicted molar refractivity (Wildman–Crippen MR) is 116 cm³/mol. The minimum atomic E-state index is -0.256. The van der Waals surface area contributed by atoms with Gasteiger partial charge in [-0.3, -0.25) is 0 Å². The van der Waals surface area contributed by atoms with Crippen LogP contribution in [0.2, 0.25) is 0 Å². The van der Waals surface area contributed by atoms with Crippen LogP contribution in [-0.2, 0) is 5.41 Å². The fourth-order valence-corrected chi connectivity index (χ4v) is 3.78. The molecule has 0 bridgehead atoms. The highest BCUT2D eigenvalue weighted by Gasteiger charge is 2.51. The number of aromatic nitrogens is 2. The number of nitrogens with zero attached hydrogens (tertiary/aromatic N) is 2. The molecule has 31 heavy (non-hydrogen) atoms. The Bertz CT molecular complexity index is 1180. The van der Waals surface area contributed by atoms with Gasteiger partial charge in [0.15, 0.2) is 11.5 Å². The second kappa shape index (κ2) is 7.80. The molecule has 4 aromatic rings. The van der Waals surface area contributed by atoms with Crippen LogP contribution in [0.15, 0.2) is 77.4 Å². The lowest BCUT2D eigenvalue weighted by Crippen LogP contribution is -2.18. The smallest absolute Gasteiger partial charge is 0.256 e. The lowest BCUT2D eigenvalue weighted by molar-refractivity contribution is 0.234. The third-order valence-corrected chi connectivity index (χ3v) is 5.66. The maximum Gasteiger partial charge on any atom is 0.256 e. The molecule has 0 radical (unpaired) electrons. The lowest BCUT2D eigenvalue weighted by atomic mass is 9.92. The Morgan fingerprint density at radius 1 is 0.968 bits per heavy atom. The number of methoxy groups -OCH3 is 1. The van der Waals surface area contributed by atoms with Gasteiger partial charge in [0.1, 0.15) is 18.1 Å². The van der Waals surface area contributed by atoms with E-state index >= 15 is 0 Å². The Morgan fingerprint density at radius 3 is 2.45 bits per heavy atom. The van der Waals surface area contributed by atoms with E-state index in [-0.39, 0.29) is 11.2 Å². The molecule has 0 aliphatic heterocycles. The van der Waals surface area contributed by atoms with Gasteiger partial charge in [0.05, 0.1) is 18.1 Å². The van der Waals surface area contributed by atoms with Gasteiger partial charge in [-0.1, -0.05) is 35.5 Å². The van der Waals surface area contributed by atoms with Crippen molar-refractivity contribution in [1.29, 1.82) is 0 Å². The van der Waals surface area contributed by atoms with E-state index in [0.29, 0.717) is 18.2 Å². The van der Waals surface area contributed by atoms with Gasteiger partial charge in [-0.25, -0.2) is 4.98 Å². The van der Waals surface area contributed by atoms with E-state index < -0.39 is 0 Å². The summed E-state index contributed by atoms with van der Waals surface area (Å²) in [4.78, 5) is 4.20. The van der Waals surface area contributed by atoms with Crippen LogP contribution in [0.25, 0.3) is 22.4 Å². The van der Waals surface area contributed by atoms with E-state index in [9.17, 15) is 5.11 Å². The summed E-state index contributed by atoms with van der Waals surface area (Å²) in [5.41, 5.74) is 3.38. The van der Waals surface area contributed by atoms with Crippen LogP contribution >= 0.6 is 0 Å². The molecule has 0 saturated heterocycles. The largest absolute Gasteiger partial charge is 0.508 e. The van der Waals surface area contributed by atoms with Gasteiger partial charge in [0.25, 0.3) is 5.88 Å². The first-order valence-electron chi connectivity index (χ1n) is 10.2. The van der Waals surface area contributed by atoms with Crippen molar-refractivity contribution in [3.05, 3.63) is 78.7 Å². The number of pyridine rings is 1. The van der Waals surface area contributed by atoms with Gasteiger partial charge in [0.2, 0.25) is 0 Å². The third-order valence-electron chi connectivity index (χ3n) is 5.66. The highest BCUT2D eigenvalue weighted by atomic mass is 16.5. The number of aromatic hydroxyl groups is 1. The molecule has 6 nitrogen and oxygen atoms in total. The molecule has 1 N–H and O–H groups in total. The van der Waals surface area contributed by atoms with E-state index in [1.165, 1.54) is 0 Å². The van der Waals surface area contributed by atoms with Crippen LogP contribution in [0, 0.1) is 0 Å². The zero-order valence-electron chi connectivity index (χ0n) is 17.1. The van der Waals surface area contributed by atoms with E-state index in [1.807, 2.05) is 42.5 Å². The standard InChI is InChI=1S/C25H22N2O4/c1-29-24-20(8-5-15-26-24)30-16-25(13-14-25)23-21(17-6-3-2-4-7-17)22(27-31-23)18-9-11-19(28)12-10-18/h2-12,15,28H,13-14,16H2,1H3. The molecule has 2 aromatic heterocycles. The number of rotatable bonds is 7. The Balaban J connectivity index is 1.54. The predicted octanol–water partition coefficient (Wildman–Crippen LogP) is 5.23. The topological polar surface area (TPSA) is 77.6 Å². The molecule has 1 aliphatic carbocycles. The van der Waals surface area contributed by atoms with Gasteiger partial charge in [-0.05, 0) is 54.8 Å². The molecule has 156 valence electrons. The SMILES string of the molecule is COc1ncccc1OCC1(c2onc(-c3ccc(O)cc3)c2-c2ccccc2)CC1. The van der Waals surface area contributed by atoms with Crippen molar-refractivity contribution in [2.45, 2.75) is 18.3 Å². The van der Waals surface area contributed by atoms with Crippen molar-refractivity contribution in [3.8, 4) is 39.8 Å². The van der Waals surface area contributed by atoms with Gasteiger partial charge in [-0.15, -0.1) is 0 Å². The second-order valence-corrected chi connectivity index (χ2v) is 7.73. The molecular formula is C25H22N2O4. The normalized spacial score (nSPS) is 14.2. The number of phenolic OH excluding ortho intramolecular Hbond substituents is 1. The maximum absolute atomic E-state index is 9.68. The van der Waals surface area contributed by atoms with Gasteiger partial charge in [0, 0.05) is 11.8 Å². The molecule has 0 amide bonds. The molecular weight excluding hydrogens is 392 g/mol. The quantitative estimate of drug-likeness (QED) is 0.446. The fraction of sp³-hybridized carbons (Fsp3) is 0.200. The zero-order chi connectivity index (χ0) is 21.3. The minimum Gasteiger partial charge on any atom is -0.508 e. The minimum absolute atomic E-state index is 0.214. The van der Waals surface area contributed by atoms with Crippen molar-refractivity contribution in [1.82, 2.24) is 10.1 Å². The molecule has 2 aromatic carbocycles. The molecule has 1 aliphatic rings. The van der Waals surface area contributed by atoms with Crippen LogP contribution in [-0.4, -0.2) is 29.0 Å². The van der Waals surface area contributed by atoms with Crippen LogP contribution in [0.3, 0.4) is 0 Å². The summed E-state index contributed by atoms with van der Waals surface area (Å²) >= 11 is 0. The van der Waals surface area contributed by atoms with Gasteiger partial charge < -0.3 is 19.1 Å². The van der Waals surface area contributed by atoms with Crippen molar-refractivity contribution in [2.75, 3.05) is 13.7 Å². The maximum atomic E-state index is 9.68. The summed E-state index contributed by atoms with van der Waals surface area (Å²) in [5.74, 6) is 2.11. The van der Waals surface area contributed by atoms with Gasteiger partial charge in [-0.2, -0.15) is 0 Å². The van der Waals surface area contributed by atoms with E-state index in [0.717, 1.165) is 41.0 Å². The summed E-state index contributed by atoms with van der Waals surface area (Å²) in [6.45, 7) is 0.444. The summed E-state index contributed by atoms with van der Waals surface area (Å²) in [6.07, 6.45) is 3.56. The first-order valence-corrected chi connectivity index (χ1v) is 10.2. The molecule has 0 spiro atoms. The van der Waals surface area contributed by atoms with E-state index in [2.05, 4.69) is 22.3 Å². The van der Waals surface area contributed by atoms with Crippen molar-refractivity contribution in [3.63, 3.8) is 0 Å². The van der Waals surface area contributed by atoms with E-state index in [4.69, 9.17) is 14.0 Å². The van der Waals surface area contributed by atoms with Crippen molar-refractivity contribution in [2.24, 2.45) is 0 Å². The van der Waals surface area contributed by atoms with Crippen LogP contribution in [0.1, 0.15) is 18.6 Å². The lowest BCUT2D eigenvalue weighted by Gasteiger charge is -2.16. The Kier molecular flexibility index (Phi) is 4.82. The highest BCUT2D eigenvalue weighted by molar-refractivity contribution is 5.83. The molecule has 1 saturated carbocycles. The molecule has 6 heteroatoms. The second-order valence-electron chi connectivity index (χ2n) is 7.73. The molecule has 0 atom stereocenters. The van der Waals surface area contributed by atoms with E-state index in [1.54, 1.807) is 25.4 Å². The molecule has 0 unspecified atom stereocenters. The number of benzene rings is 2. The number of ether oxygens (including phenoxy) is 2. The van der Waals surface area contributed by atoms with Crippen LogP contribution in [0.5, 0.6) is 17.4 Å². The van der Waals surface area contributed by atoms with Gasteiger partial charge >= 0.3 is 0 Å². The number of phenols is 1. The van der Waals surface area contributed by atoms with Crippen LogP contribution < -0.4 is 9.47 Å². The molecule has 1 fully saturated rings.